The predicted octanol–water partition coefficient (Wildman–Crippen LogP) is 4.78. The summed E-state index contributed by atoms with van der Waals surface area (Å²) in [5.74, 6) is -0.148. The number of pyridine rings is 1. The van der Waals surface area contributed by atoms with Crippen LogP contribution in [-0.4, -0.2) is 10.9 Å². The van der Waals surface area contributed by atoms with Gasteiger partial charge in [0, 0.05) is 28.2 Å². The van der Waals surface area contributed by atoms with Gasteiger partial charge in [0.25, 0.3) is 0 Å². The van der Waals surface area contributed by atoms with E-state index in [2.05, 4.69) is 10.3 Å². The number of aromatic nitrogens is 1. The van der Waals surface area contributed by atoms with Crippen LogP contribution in [0.2, 0.25) is 5.02 Å². The molecule has 3 nitrogen and oxygen atoms in total. The van der Waals surface area contributed by atoms with Crippen LogP contribution in [-0.2, 0) is 4.79 Å². The first-order valence-electron chi connectivity index (χ1n) is 7.71. The number of hydrogen-bond donors (Lipinski definition) is 1. The Morgan fingerprint density at radius 3 is 2.67 bits per heavy atom. The molecule has 4 heteroatoms. The molecule has 1 unspecified atom stereocenters. The number of nitrogens with one attached hydrogen (secondary N) is 1. The van der Waals surface area contributed by atoms with E-state index in [0.29, 0.717) is 5.02 Å². The summed E-state index contributed by atoms with van der Waals surface area (Å²) in [6.07, 6.45) is 5.08. The molecule has 0 aliphatic heterocycles. The molecule has 0 radical (unpaired) electrons. The summed E-state index contributed by atoms with van der Waals surface area (Å²) in [5.41, 5.74) is 2.81. The lowest BCUT2D eigenvalue weighted by atomic mass is 10.1. The minimum absolute atomic E-state index is 0.0925. The highest BCUT2D eigenvalue weighted by atomic mass is 35.5. The van der Waals surface area contributed by atoms with E-state index in [4.69, 9.17) is 11.6 Å². The minimum atomic E-state index is -0.148. The smallest absolute Gasteiger partial charge is 0.244 e. The third kappa shape index (κ3) is 3.81. The standard InChI is InChI=1S/C20H17ClN2O/c1-14(15-7-10-18(21)11-8-15)23-19(24)12-9-17-5-2-4-16-6-3-13-22-20(16)17/h2-14H,1H3,(H,23,24)/b12-9+. The van der Waals surface area contributed by atoms with Crippen LogP contribution in [0.1, 0.15) is 24.1 Å². The van der Waals surface area contributed by atoms with Crippen LogP contribution in [0.5, 0.6) is 0 Å². The van der Waals surface area contributed by atoms with Gasteiger partial charge in [0.15, 0.2) is 0 Å². The molecule has 1 aromatic heterocycles. The highest BCUT2D eigenvalue weighted by Crippen LogP contribution is 2.18. The van der Waals surface area contributed by atoms with Gasteiger partial charge in [0.1, 0.15) is 0 Å². The fraction of sp³-hybridized carbons (Fsp3) is 0.100. The summed E-state index contributed by atoms with van der Waals surface area (Å²) < 4.78 is 0. The molecule has 1 amide bonds. The van der Waals surface area contributed by atoms with E-state index in [1.54, 1.807) is 12.3 Å². The number of benzene rings is 2. The highest BCUT2D eigenvalue weighted by Gasteiger charge is 2.07. The number of carbonyl (C=O) groups excluding carboxylic acids is 1. The number of amides is 1. The van der Waals surface area contributed by atoms with E-state index in [1.165, 1.54) is 6.08 Å². The molecule has 3 aromatic rings. The van der Waals surface area contributed by atoms with Crippen molar-refractivity contribution in [3.05, 3.63) is 83.0 Å². The number of halogens is 1. The average molecular weight is 337 g/mol. The SMILES string of the molecule is CC(NC(=O)/C=C/c1cccc2cccnc12)c1ccc(Cl)cc1. The molecule has 2 aromatic carbocycles. The number of fused-ring (bicyclic) bond motifs is 1. The maximum Gasteiger partial charge on any atom is 0.244 e. The van der Waals surface area contributed by atoms with Crippen LogP contribution in [0.4, 0.5) is 0 Å². The van der Waals surface area contributed by atoms with Gasteiger partial charge in [-0.15, -0.1) is 0 Å². The Hall–Kier alpha value is -2.65. The van der Waals surface area contributed by atoms with E-state index in [1.807, 2.05) is 61.5 Å². The van der Waals surface area contributed by atoms with Gasteiger partial charge in [-0.3, -0.25) is 9.78 Å². The number of para-hydroxylation sites is 1. The molecule has 3 rings (SSSR count). The lowest BCUT2D eigenvalue weighted by Crippen LogP contribution is -2.24. The largest absolute Gasteiger partial charge is 0.346 e. The molecule has 1 atom stereocenters. The molecule has 0 fully saturated rings. The van der Waals surface area contributed by atoms with Gasteiger partial charge in [-0.25, -0.2) is 0 Å². The van der Waals surface area contributed by atoms with Gasteiger partial charge >= 0.3 is 0 Å². The van der Waals surface area contributed by atoms with E-state index in [9.17, 15) is 4.79 Å². The zero-order valence-corrected chi connectivity index (χ0v) is 14.0. The second-order valence-electron chi connectivity index (χ2n) is 5.54. The van der Waals surface area contributed by atoms with Crippen molar-refractivity contribution in [3.8, 4) is 0 Å². The molecule has 0 saturated heterocycles. The number of rotatable bonds is 4. The summed E-state index contributed by atoms with van der Waals surface area (Å²) in [4.78, 5) is 16.5. The van der Waals surface area contributed by atoms with Gasteiger partial charge in [0.2, 0.25) is 5.91 Å². The van der Waals surface area contributed by atoms with Crippen LogP contribution in [0.3, 0.4) is 0 Å². The minimum Gasteiger partial charge on any atom is -0.346 e. The second kappa shape index (κ2) is 7.28. The van der Waals surface area contributed by atoms with E-state index >= 15 is 0 Å². The average Bonchev–Trinajstić information content (AvgIpc) is 2.60. The lowest BCUT2D eigenvalue weighted by Gasteiger charge is -2.12. The van der Waals surface area contributed by atoms with Gasteiger partial charge in [-0.2, -0.15) is 0 Å². The molecule has 120 valence electrons. The van der Waals surface area contributed by atoms with E-state index in [0.717, 1.165) is 22.0 Å². The summed E-state index contributed by atoms with van der Waals surface area (Å²) in [6.45, 7) is 1.94. The topological polar surface area (TPSA) is 42.0 Å². The predicted molar refractivity (Wildman–Crippen MR) is 98.8 cm³/mol. The van der Waals surface area contributed by atoms with Crippen LogP contribution in [0, 0.1) is 0 Å². The summed E-state index contributed by atoms with van der Waals surface area (Å²) in [7, 11) is 0. The molecule has 0 saturated carbocycles. The lowest BCUT2D eigenvalue weighted by molar-refractivity contribution is -0.117. The highest BCUT2D eigenvalue weighted by molar-refractivity contribution is 6.30. The molecule has 0 aliphatic rings. The Morgan fingerprint density at radius 1 is 1.12 bits per heavy atom. The first-order chi connectivity index (χ1) is 11.6. The summed E-state index contributed by atoms with van der Waals surface area (Å²) in [6, 6.07) is 17.2. The molecular weight excluding hydrogens is 320 g/mol. The zero-order valence-electron chi connectivity index (χ0n) is 13.2. The molecule has 1 heterocycles. The second-order valence-corrected chi connectivity index (χ2v) is 5.97. The van der Waals surface area contributed by atoms with Gasteiger partial charge in [0.05, 0.1) is 11.6 Å². The Morgan fingerprint density at radius 2 is 1.88 bits per heavy atom. The van der Waals surface area contributed by atoms with Crippen molar-refractivity contribution in [3.63, 3.8) is 0 Å². The van der Waals surface area contributed by atoms with Crippen molar-refractivity contribution in [2.24, 2.45) is 0 Å². The molecule has 0 bridgehead atoms. The molecule has 1 N–H and O–H groups in total. The van der Waals surface area contributed by atoms with E-state index in [-0.39, 0.29) is 11.9 Å². The summed E-state index contributed by atoms with van der Waals surface area (Å²) >= 11 is 5.88. The van der Waals surface area contributed by atoms with Crippen LogP contribution < -0.4 is 5.32 Å². The molecular formula is C20H17ClN2O. The fourth-order valence-corrected chi connectivity index (χ4v) is 2.65. The van der Waals surface area contributed by atoms with Crippen molar-refractivity contribution < 1.29 is 4.79 Å². The van der Waals surface area contributed by atoms with Crippen LogP contribution >= 0.6 is 11.6 Å². The monoisotopic (exact) mass is 336 g/mol. The van der Waals surface area contributed by atoms with Crippen molar-refractivity contribution in [1.82, 2.24) is 10.3 Å². The molecule has 0 aliphatic carbocycles. The van der Waals surface area contributed by atoms with Gasteiger partial charge in [-0.05, 0) is 36.8 Å². The van der Waals surface area contributed by atoms with Crippen LogP contribution in [0.15, 0.2) is 66.9 Å². The third-order valence-corrected chi connectivity index (χ3v) is 4.06. The Bertz CT molecular complexity index is 882. The Labute approximate surface area is 146 Å². The molecule has 0 spiro atoms. The Kier molecular flexibility index (Phi) is 4.92. The van der Waals surface area contributed by atoms with Gasteiger partial charge in [-0.1, -0.05) is 48.0 Å². The van der Waals surface area contributed by atoms with Crippen molar-refractivity contribution in [2.75, 3.05) is 0 Å². The van der Waals surface area contributed by atoms with Crippen LogP contribution in [0.25, 0.3) is 17.0 Å². The van der Waals surface area contributed by atoms with Crippen molar-refractivity contribution in [1.29, 1.82) is 0 Å². The quantitative estimate of drug-likeness (QED) is 0.697. The maximum absolute atomic E-state index is 12.2. The zero-order chi connectivity index (χ0) is 16.9. The van der Waals surface area contributed by atoms with Gasteiger partial charge < -0.3 is 5.32 Å². The summed E-state index contributed by atoms with van der Waals surface area (Å²) in [5, 5.41) is 4.68. The number of nitrogens with zero attached hydrogens (tertiary/aromatic N) is 1. The first kappa shape index (κ1) is 16.2. The third-order valence-electron chi connectivity index (χ3n) is 3.81. The van der Waals surface area contributed by atoms with Crippen molar-refractivity contribution in [2.45, 2.75) is 13.0 Å². The number of carbonyl (C=O) groups is 1. The normalized spacial score (nSPS) is 12.4. The number of hydrogen-bond acceptors (Lipinski definition) is 2. The van der Waals surface area contributed by atoms with E-state index < -0.39 is 0 Å². The fourth-order valence-electron chi connectivity index (χ4n) is 2.52. The maximum atomic E-state index is 12.2. The first-order valence-corrected chi connectivity index (χ1v) is 8.09. The Balaban J connectivity index is 1.72. The molecule has 24 heavy (non-hydrogen) atoms. The van der Waals surface area contributed by atoms with Crippen molar-refractivity contribution >= 4 is 34.5 Å².